The number of hydrogen-bond donors (Lipinski definition) is 1. The lowest BCUT2D eigenvalue weighted by molar-refractivity contribution is -0.227. The zero-order chi connectivity index (χ0) is 18.1. The number of benzene rings is 1. The Bertz CT molecular complexity index is 667. The lowest BCUT2D eigenvalue weighted by atomic mass is 9.86. The summed E-state index contributed by atoms with van der Waals surface area (Å²) in [7, 11) is 0. The molecule has 1 aliphatic rings. The van der Waals surface area contributed by atoms with Gasteiger partial charge in [-0.2, -0.15) is 13.2 Å². The fourth-order valence-corrected chi connectivity index (χ4v) is 2.59. The van der Waals surface area contributed by atoms with Gasteiger partial charge in [0.1, 0.15) is 11.6 Å². The smallest absolute Gasteiger partial charge is 0.406 e. The third-order valence-electron chi connectivity index (χ3n) is 3.82. The molecular formula is C14H12ClF4NO4. The van der Waals surface area contributed by atoms with Crippen molar-refractivity contribution in [3.05, 3.63) is 29.0 Å². The van der Waals surface area contributed by atoms with Crippen LogP contribution in [0.4, 0.5) is 17.6 Å². The van der Waals surface area contributed by atoms with E-state index in [1.165, 1.54) is 6.07 Å². The maximum atomic E-state index is 13.0. The number of hydrogen-bond acceptors (Lipinski definition) is 3. The first kappa shape index (κ1) is 18.3. The highest BCUT2D eigenvalue weighted by atomic mass is 35.5. The van der Waals surface area contributed by atoms with Crippen LogP contribution in [-0.2, 0) is 9.59 Å². The van der Waals surface area contributed by atoms with Crippen molar-refractivity contribution in [3.8, 4) is 5.75 Å². The summed E-state index contributed by atoms with van der Waals surface area (Å²) in [6.45, 7) is -1.98. The average Bonchev–Trinajstić information content (AvgIpc) is 2.92. The first-order valence-corrected chi connectivity index (χ1v) is 7.10. The molecule has 132 valence electrons. The Kier molecular flexibility index (Phi) is 4.93. The summed E-state index contributed by atoms with van der Waals surface area (Å²) >= 11 is 5.70. The van der Waals surface area contributed by atoms with Gasteiger partial charge in [0.05, 0.1) is 5.02 Å². The molecule has 1 aliphatic heterocycles. The second-order valence-electron chi connectivity index (χ2n) is 5.31. The normalized spacial score (nSPS) is 21.0. The lowest BCUT2D eigenvalue weighted by Crippen LogP contribution is -2.48. The quantitative estimate of drug-likeness (QED) is 0.829. The molecule has 10 heteroatoms. The molecule has 1 unspecified atom stereocenters. The van der Waals surface area contributed by atoms with Gasteiger partial charge in [0.2, 0.25) is 0 Å². The van der Waals surface area contributed by atoms with Crippen LogP contribution in [0.1, 0.15) is 6.42 Å². The molecule has 1 fully saturated rings. The zero-order valence-corrected chi connectivity index (χ0v) is 12.8. The van der Waals surface area contributed by atoms with Gasteiger partial charge in [0, 0.05) is 13.1 Å². The van der Waals surface area contributed by atoms with E-state index < -0.39 is 48.9 Å². The van der Waals surface area contributed by atoms with Crippen LogP contribution in [0.5, 0.6) is 5.75 Å². The van der Waals surface area contributed by atoms with E-state index in [0.717, 1.165) is 17.0 Å². The second-order valence-corrected chi connectivity index (χ2v) is 5.72. The number of rotatable bonds is 4. The molecule has 1 atom stereocenters. The van der Waals surface area contributed by atoms with Gasteiger partial charge in [0.25, 0.3) is 5.91 Å². The van der Waals surface area contributed by atoms with Gasteiger partial charge in [-0.1, -0.05) is 11.6 Å². The van der Waals surface area contributed by atoms with E-state index in [-0.39, 0.29) is 17.3 Å². The van der Waals surface area contributed by atoms with Gasteiger partial charge in [-0.25, -0.2) is 4.39 Å². The van der Waals surface area contributed by atoms with E-state index in [2.05, 4.69) is 0 Å². The van der Waals surface area contributed by atoms with E-state index in [1.54, 1.807) is 0 Å². The fraction of sp³-hybridized carbons (Fsp3) is 0.429. The molecule has 0 aromatic heterocycles. The second kappa shape index (κ2) is 6.46. The topological polar surface area (TPSA) is 66.8 Å². The van der Waals surface area contributed by atoms with Crippen molar-refractivity contribution in [2.45, 2.75) is 12.6 Å². The summed E-state index contributed by atoms with van der Waals surface area (Å²) in [4.78, 5) is 23.8. The molecule has 0 bridgehead atoms. The third kappa shape index (κ3) is 3.40. The first-order valence-electron chi connectivity index (χ1n) is 6.72. The molecule has 0 saturated carbocycles. The van der Waals surface area contributed by atoms with E-state index in [9.17, 15) is 27.2 Å². The number of likely N-dealkylation sites (tertiary alicyclic amines) is 1. The van der Waals surface area contributed by atoms with Gasteiger partial charge in [-0.15, -0.1) is 0 Å². The molecule has 1 aromatic rings. The van der Waals surface area contributed by atoms with Gasteiger partial charge in [-0.3, -0.25) is 9.59 Å². The summed E-state index contributed by atoms with van der Waals surface area (Å²) < 4.78 is 57.1. The number of carboxylic acid groups (broad SMARTS) is 1. The Morgan fingerprint density at radius 2 is 2.04 bits per heavy atom. The van der Waals surface area contributed by atoms with Crippen molar-refractivity contribution < 1.29 is 37.0 Å². The molecule has 0 spiro atoms. The summed E-state index contributed by atoms with van der Waals surface area (Å²) in [6.07, 6.45) is -5.70. The summed E-state index contributed by atoms with van der Waals surface area (Å²) in [5.41, 5.74) is -2.98. The predicted octanol–water partition coefficient (Wildman–Crippen LogP) is 2.72. The van der Waals surface area contributed by atoms with E-state index in [0.29, 0.717) is 0 Å². The Hall–Kier alpha value is -2.03. The van der Waals surface area contributed by atoms with E-state index in [1.807, 2.05) is 0 Å². The van der Waals surface area contributed by atoms with Gasteiger partial charge in [0.15, 0.2) is 12.0 Å². The third-order valence-corrected chi connectivity index (χ3v) is 4.11. The minimum Gasteiger partial charge on any atom is -0.482 e. The number of ether oxygens (including phenoxy) is 1. The maximum Gasteiger partial charge on any atom is 0.406 e. The van der Waals surface area contributed by atoms with Crippen molar-refractivity contribution in [1.29, 1.82) is 0 Å². The zero-order valence-electron chi connectivity index (χ0n) is 12.1. The fourth-order valence-electron chi connectivity index (χ4n) is 2.37. The molecule has 1 heterocycles. The van der Waals surface area contributed by atoms with E-state index >= 15 is 0 Å². The molecule has 2 rings (SSSR count). The van der Waals surface area contributed by atoms with Crippen molar-refractivity contribution in [2.24, 2.45) is 5.41 Å². The van der Waals surface area contributed by atoms with Crippen LogP contribution in [0, 0.1) is 11.2 Å². The van der Waals surface area contributed by atoms with Gasteiger partial charge in [-0.05, 0) is 24.6 Å². The molecule has 0 radical (unpaired) electrons. The molecule has 0 aliphatic carbocycles. The molecule has 1 amide bonds. The van der Waals surface area contributed by atoms with Crippen molar-refractivity contribution in [3.63, 3.8) is 0 Å². The molecule has 24 heavy (non-hydrogen) atoms. The number of carbonyl (C=O) groups excluding carboxylic acids is 1. The highest BCUT2D eigenvalue weighted by Gasteiger charge is 2.64. The van der Waals surface area contributed by atoms with Crippen LogP contribution in [0.3, 0.4) is 0 Å². The number of aliphatic carboxylic acids is 1. The van der Waals surface area contributed by atoms with Crippen LogP contribution in [-0.4, -0.2) is 47.8 Å². The Labute approximate surface area is 138 Å². The van der Waals surface area contributed by atoms with Crippen LogP contribution in [0.25, 0.3) is 0 Å². The van der Waals surface area contributed by atoms with Gasteiger partial charge >= 0.3 is 12.1 Å². The standard InChI is InChI=1S/C14H12ClF4NO4/c15-9-5-8(16)1-2-10(9)24-6-11(21)20-4-3-13(7-20,12(22)23)14(17,18)19/h1-2,5H,3-4,6-7H2,(H,22,23). The predicted molar refractivity (Wildman–Crippen MR) is 74.2 cm³/mol. The van der Waals surface area contributed by atoms with Crippen LogP contribution >= 0.6 is 11.6 Å². The van der Waals surface area contributed by atoms with Crippen molar-refractivity contribution in [1.82, 2.24) is 4.90 Å². The van der Waals surface area contributed by atoms with E-state index in [4.69, 9.17) is 21.4 Å². The highest BCUT2D eigenvalue weighted by Crippen LogP contribution is 2.45. The average molecular weight is 370 g/mol. The van der Waals surface area contributed by atoms with Crippen LogP contribution in [0.2, 0.25) is 5.02 Å². The molecular weight excluding hydrogens is 358 g/mol. The summed E-state index contributed by atoms with van der Waals surface area (Å²) in [5.74, 6) is -3.46. The van der Waals surface area contributed by atoms with Crippen LogP contribution in [0.15, 0.2) is 18.2 Å². The number of carbonyl (C=O) groups is 2. The highest BCUT2D eigenvalue weighted by molar-refractivity contribution is 6.32. The maximum absolute atomic E-state index is 13.0. The number of alkyl halides is 3. The molecule has 1 aromatic carbocycles. The molecule has 1 saturated heterocycles. The minimum absolute atomic E-state index is 0.00840. The number of carboxylic acids is 1. The number of nitrogens with zero attached hydrogens (tertiary/aromatic N) is 1. The Balaban J connectivity index is 2.03. The minimum atomic E-state index is -4.98. The van der Waals surface area contributed by atoms with Crippen molar-refractivity contribution >= 4 is 23.5 Å². The number of amides is 1. The largest absolute Gasteiger partial charge is 0.482 e. The SMILES string of the molecule is O=C(COc1ccc(F)cc1Cl)N1CCC(C(=O)O)(C(F)(F)F)C1. The first-order chi connectivity index (χ1) is 11.1. The Morgan fingerprint density at radius 3 is 2.54 bits per heavy atom. The molecule has 5 nitrogen and oxygen atoms in total. The summed E-state index contributed by atoms with van der Waals surface area (Å²) in [6, 6.07) is 3.17. The lowest BCUT2D eigenvalue weighted by Gasteiger charge is -2.27. The van der Waals surface area contributed by atoms with Crippen molar-refractivity contribution in [2.75, 3.05) is 19.7 Å². The Morgan fingerprint density at radius 1 is 1.38 bits per heavy atom. The molecule has 1 N–H and O–H groups in total. The van der Waals surface area contributed by atoms with Gasteiger partial charge < -0.3 is 14.7 Å². The monoisotopic (exact) mass is 369 g/mol. The summed E-state index contributed by atoms with van der Waals surface area (Å²) in [5, 5.41) is 8.83. The number of halogens is 5. The van der Waals surface area contributed by atoms with Crippen LogP contribution < -0.4 is 4.74 Å².